The van der Waals surface area contributed by atoms with Crippen LogP contribution in [0.5, 0.6) is 0 Å². The van der Waals surface area contributed by atoms with Crippen molar-refractivity contribution < 1.29 is 0 Å². The molecule has 3 nitrogen and oxygen atoms in total. The summed E-state index contributed by atoms with van der Waals surface area (Å²) in [7, 11) is 0. The molecule has 2 rings (SSSR count). The fourth-order valence-electron chi connectivity index (χ4n) is 1.94. The molecule has 0 saturated heterocycles. The van der Waals surface area contributed by atoms with E-state index in [2.05, 4.69) is 28.3 Å². The van der Waals surface area contributed by atoms with E-state index >= 15 is 0 Å². The summed E-state index contributed by atoms with van der Waals surface area (Å²) in [4.78, 5) is 8.87. The molecule has 0 aliphatic rings. The van der Waals surface area contributed by atoms with E-state index in [1.54, 1.807) is 11.3 Å². The van der Waals surface area contributed by atoms with Gasteiger partial charge in [-0.1, -0.05) is 6.07 Å². The zero-order chi connectivity index (χ0) is 12.4. The van der Waals surface area contributed by atoms with Crippen LogP contribution in [0.2, 0.25) is 0 Å². The van der Waals surface area contributed by atoms with E-state index in [-0.39, 0.29) is 6.04 Å². The maximum atomic E-state index is 6.19. The highest BCUT2D eigenvalue weighted by Crippen LogP contribution is 2.19. The summed E-state index contributed by atoms with van der Waals surface area (Å²) in [6.07, 6.45) is 2.62. The molecule has 0 bridgehead atoms. The van der Waals surface area contributed by atoms with Gasteiger partial charge in [-0.05, 0) is 31.9 Å². The first-order valence-corrected chi connectivity index (χ1v) is 6.54. The minimum absolute atomic E-state index is 0.0721. The molecule has 2 aromatic heterocycles. The van der Waals surface area contributed by atoms with Crippen LogP contribution < -0.4 is 5.73 Å². The lowest BCUT2D eigenvalue weighted by atomic mass is 10.0. The van der Waals surface area contributed by atoms with Gasteiger partial charge in [0.15, 0.2) is 0 Å². The summed E-state index contributed by atoms with van der Waals surface area (Å²) < 4.78 is 0. The van der Waals surface area contributed by atoms with Gasteiger partial charge >= 0.3 is 0 Å². The predicted molar refractivity (Wildman–Crippen MR) is 71.2 cm³/mol. The monoisotopic (exact) mass is 247 g/mol. The number of hydrogen-bond acceptors (Lipinski definition) is 4. The molecule has 1 unspecified atom stereocenters. The standard InChI is InChI=1S/C13H17N3S/c1-8-4-9(2)13(15-6-8)12(14)5-11-7-17-10(3)16-11/h4,6-7,12H,5,14H2,1-3H3. The molecule has 1 atom stereocenters. The average molecular weight is 247 g/mol. The van der Waals surface area contributed by atoms with E-state index in [0.717, 1.165) is 28.4 Å². The second-order valence-electron chi connectivity index (χ2n) is 4.38. The molecule has 90 valence electrons. The van der Waals surface area contributed by atoms with Crippen molar-refractivity contribution in [3.8, 4) is 0 Å². The van der Waals surface area contributed by atoms with Crippen LogP contribution in [-0.2, 0) is 6.42 Å². The lowest BCUT2D eigenvalue weighted by molar-refractivity contribution is 0.679. The van der Waals surface area contributed by atoms with Gasteiger partial charge in [-0.2, -0.15) is 0 Å². The number of aryl methyl sites for hydroxylation is 3. The van der Waals surface area contributed by atoms with E-state index in [4.69, 9.17) is 5.73 Å². The summed E-state index contributed by atoms with van der Waals surface area (Å²) in [6.45, 7) is 6.11. The van der Waals surface area contributed by atoms with Crippen LogP contribution in [0.15, 0.2) is 17.6 Å². The third-order valence-electron chi connectivity index (χ3n) is 2.70. The number of nitrogens with two attached hydrogens (primary N) is 1. The van der Waals surface area contributed by atoms with E-state index < -0.39 is 0 Å². The SMILES string of the molecule is Cc1cnc(C(N)Cc2csc(C)n2)c(C)c1. The summed E-state index contributed by atoms with van der Waals surface area (Å²) >= 11 is 1.66. The first kappa shape index (κ1) is 12.2. The van der Waals surface area contributed by atoms with Gasteiger partial charge in [-0.3, -0.25) is 4.98 Å². The van der Waals surface area contributed by atoms with Crippen molar-refractivity contribution in [2.75, 3.05) is 0 Å². The Hall–Kier alpha value is -1.26. The van der Waals surface area contributed by atoms with Crippen molar-refractivity contribution in [3.63, 3.8) is 0 Å². The minimum Gasteiger partial charge on any atom is -0.322 e. The Morgan fingerprint density at radius 1 is 1.35 bits per heavy atom. The van der Waals surface area contributed by atoms with Crippen LogP contribution in [-0.4, -0.2) is 9.97 Å². The molecule has 0 amide bonds. The van der Waals surface area contributed by atoms with Gasteiger partial charge in [0.1, 0.15) is 0 Å². The Bertz CT molecular complexity index is 519. The number of pyridine rings is 1. The molecule has 2 N–H and O–H groups in total. The quantitative estimate of drug-likeness (QED) is 0.907. The van der Waals surface area contributed by atoms with E-state index in [1.807, 2.05) is 20.0 Å². The fraction of sp³-hybridized carbons (Fsp3) is 0.385. The zero-order valence-electron chi connectivity index (χ0n) is 10.4. The van der Waals surface area contributed by atoms with Crippen molar-refractivity contribution in [1.82, 2.24) is 9.97 Å². The van der Waals surface area contributed by atoms with E-state index in [1.165, 1.54) is 5.56 Å². The first-order valence-electron chi connectivity index (χ1n) is 5.66. The van der Waals surface area contributed by atoms with Gasteiger partial charge in [0.05, 0.1) is 22.4 Å². The van der Waals surface area contributed by atoms with Crippen LogP contribution in [0.25, 0.3) is 0 Å². The third kappa shape index (κ3) is 2.90. The van der Waals surface area contributed by atoms with Crippen molar-refractivity contribution in [2.24, 2.45) is 5.73 Å². The minimum atomic E-state index is -0.0721. The summed E-state index contributed by atoms with van der Waals surface area (Å²) in [6, 6.07) is 2.05. The van der Waals surface area contributed by atoms with Gasteiger partial charge in [0.2, 0.25) is 0 Å². The Morgan fingerprint density at radius 2 is 2.12 bits per heavy atom. The number of rotatable bonds is 3. The Labute approximate surface area is 106 Å². The molecule has 0 saturated carbocycles. The van der Waals surface area contributed by atoms with Gasteiger partial charge in [0, 0.05) is 18.0 Å². The molecule has 4 heteroatoms. The zero-order valence-corrected chi connectivity index (χ0v) is 11.2. The van der Waals surface area contributed by atoms with Crippen molar-refractivity contribution >= 4 is 11.3 Å². The van der Waals surface area contributed by atoms with Crippen LogP contribution in [0.4, 0.5) is 0 Å². The fourth-order valence-corrected chi connectivity index (χ4v) is 2.56. The number of aromatic nitrogens is 2. The van der Waals surface area contributed by atoms with Crippen LogP contribution >= 0.6 is 11.3 Å². The second kappa shape index (κ2) is 4.94. The second-order valence-corrected chi connectivity index (χ2v) is 5.45. The van der Waals surface area contributed by atoms with Gasteiger partial charge in [-0.25, -0.2) is 4.98 Å². The highest BCUT2D eigenvalue weighted by molar-refractivity contribution is 7.09. The van der Waals surface area contributed by atoms with Gasteiger partial charge in [-0.15, -0.1) is 11.3 Å². The number of thiazole rings is 1. The first-order chi connectivity index (χ1) is 8.06. The number of hydrogen-bond donors (Lipinski definition) is 1. The lowest BCUT2D eigenvalue weighted by Gasteiger charge is -2.12. The maximum Gasteiger partial charge on any atom is 0.0897 e. The van der Waals surface area contributed by atoms with Gasteiger partial charge < -0.3 is 5.73 Å². The van der Waals surface area contributed by atoms with Crippen LogP contribution in [0.1, 0.15) is 33.6 Å². The maximum absolute atomic E-state index is 6.19. The average Bonchev–Trinajstić information content (AvgIpc) is 2.63. The lowest BCUT2D eigenvalue weighted by Crippen LogP contribution is -2.16. The van der Waals surface area contributed by atoms with Crippen molar-refractivity contribution in [1.29, 1.82) is 0 Å². The Morgan fingerprint density at radius 3 is 2.71 bits per heavy atom. The number of nitrogens with zero attached hydrogens (tertiary/aromatic N) is 2. The summed E-state index contributed by atoms with van der Waals surface area (Å²) in [5.41, 5.74) is 10.5. The molecule has 2 aromatic rings. The molecule has 2 heterocycles. The summed E-state index contributed by atoms with van der Waals surface area (Å²) in [5.74, 6) is 0. The van der Waals surface area contributed by atoms with E-state index in [0.29, 0.717) is 0 Å². The molecular weight excluding hydrogens is 230 g/mol. The normalized spacial score (nSPS) is 12.7. The molecule has 0 aliphatic carbocycles. The molecule has 17 heavy (non-hydrogen) atoms. The third-order valence-corrected chi connectivity index (χ3v) is 3.52. The summed E-state index contributed by atoms with van der Waals surface area (Å²) in [5, 5.41) is 3.15. The van der Waals surface area contributed by atoms with Crippen molar-refractivity contribution in [3.05, 3.63) is 45.2 Å². The Kier molecular flexibility index (Phi) is 3.54. The smallest absolute Gasteiger partial charge is 0.0897 e. The molecule has 0 aromatic carbocycles. The predicted octanol–water partition coefficient (Wildman–Crippen LogP) is 2.71. The van der Waals surface area contributed by atoms with Crippen molar-refractivity contribution in [2.45, 2.75) is 33.2 Å². The molecule has 0 radical (unpaired) electrons. The highest BCUT2D eigenvalue weighted by Gasteiger charge is 2.13. The van der Waals surface area contributed by atoms with E-state index in [9.17, 15) is 0 Å². The van der Waals surface area contributed by atoms with Crippen LogP contribution in [0, 0.1) is 20.8 Å². The topological polar surface area (TPSA) is 51.8 Å². The Balaban J connectivity index is 2.17. The van der Waals surface area contributed by atoms with Gasteiger partial charge in [0.25, 0.3) is 0 Å². The molecule has 0 fully saturated rings. The molecule has 0 spiro atoms. The molecular formula is C13H17N3S. The largest absolute Gasteiger partial charge is 0.322 e. The van der Waals surface area contributed by atoms with Crippen LogP contribution in [0.3, 0.4) is 0 Å². The highest BCUT2D eigenvalue weighted by atomic mass is 32.1. The molecule has 0 aliphatic heterocycles.